The Balaban J connectivity index is 1.60. The van der Waals surface area contributed by atoms with E-state index in [4.69, 9.17) is 15.0 Å². The van der Waals surface area contributed by atoms with Gasteiger partial charge in [0.25, 0.3) is 0 Å². The molecule has 0 amide bonds. The Morgan fingerprint density at radius 2 is 1.88 bits per heavy atom. The van der Waals surface area contributed by atoms with Crippen LogP contribution in [0.5, 0.6) is 0 Å². The van der Waals surface area contributed by atoms with Crippen LogP contribution in [-0.2, 0) is 9.31 Å². The Labute approximate surface area is 150 Å². The van der Waals surface area contributed by atoms with Gasteiger partial charge in [0.1, 0.15) is 0 Å². The van der Waals surface area contributed by atoms with Gasteiger partial charge >= 0.3 is 7.12 Å². The normalized spacial score (nSPS) is 26.0. The fourth-order valence-corrected chi connectivity index (χ4v) is 3.26. The van der Waals surface area contributed by atoms with Gasteiger partial charge in [-0.3, -0.25) is 0 Å². The first kappa shape index (κ1) is 18.6. The molecule has 25 heavy (non-hydrogen) atoms. The van der Waals surface area contributed by atoms with Gasteiger partial charge in [-0.15, -0.1) is 0 Å². The molecular weight excluding hydrogens is 317 g/mol. The third-order valence-electron chi connectivity index (χ3n) is 5.48. The van der Waals surface area contributed by atoms with Gasteiger partial charge in [-0.25, -0.2) is 9.97 Å². The fourth-order valence-electron chi connectivity index (χ4n) is 3.26. The Hall–Kier alpha value is -1.22. The summed E-state index contributed by atoms with van der Waals surface area (Å²) in [7, 11) is -0.422. The van der Waals surface area contributed by atoms with E-state index in [1.54, 1.807) is 12.4 Å². The first-order valence-electron chi connectivity index (χ1n) is 9.17. The summed E-state index contributed by atoms with van der Waals surface area (Å²) < 4.78 is 12.1. The molecule has 1 aromatic heterocycles. The molecule has 0 spiro atoms. The lowest BCUT2D eigenvalue weighted by atomic mass is 9.81. The molecule has 2 saturated heterocycles. The smallest absolute Gasteiger partial charge is 0.399 e. The first-order chi connectivity index (χ1) is 11.8. The number of nitrogens with two attached hydrogens (primary N) is 1. The molecule has 138 valence electrons. The predicted octanol–water partition coefficient (Wildman–Crippen LogP) is 0.611. The van der Waals surface area contributed by atoms with Gasteiger partial charge in [-0.05, 0) is 47.1 Å². The van der Waals surface area contributed by atoms with Crippen molar-refractivity contribution in [2.75, 3.05) is 31.5 Å². The average Bonchev–Trinajstić information content (AvgIpc) is 2.77. The van der Waals surface area contributed by atoms with E-state index in [1.165, 1.54) is 6.42 Å². The molecule has 1 aromatic rings. The Bertz CT molecular complexity index is 563. The second kappa shape index (κ2) is 7.19. The van der Waals surface area contributed by atoms with Gasteiger partial charge in [0, 0.05) is 43.5 Å². The molecule has 3 heterocycles. The molecule has 0 bridgehead atoms. The summed E-state index contributed by atoms with van der Waals surface area (Å²) in [5.41, 5.74) is 5.79. The molecule has 2 aliphatic rings. The van der Waals surface area contributed by atoms with E-state index in [0.717, 1.165) is 31.5 Å². The number of anilines is 1. The molecular formula is C17H30BN5O2. The third-order valence-corrected chi connectivity index (χ3v) is 5.48. The summed E-state index contributed by atoms with van der Waals surface area (Å²) in [5.74, 6) is 0.653. The number of rotatable bonds is 5. The number of hydrogen-bond donors (Lipinski definition) is 2. The lowest BCUT2D eigenvalue weighted by Crippen LogP contribution is -2.44. The highest BCUT2D eigenvalue weighted by molar-refractivity contribution is 6.61. The molecule has 0 saturated carbocycles. The van der Waals surface area contributed by atoms with E-state index < -0.39 is 7.12 Å². The van der Waals surface area contributed by atoms with Gasteiger partial charge in [0.2, 0.25) is 5.95 Å². The minimum Gasteiger partial charge on any atom is -0.399 e. The molecule has 0 aromatic carbocycles. The second-order valence-electron chi connectivity index (χ2n) is 8.00. The number of piperidine rings is 1. The average molecular weight is 347 g/mol. The lowest BCUT2D eigenvalue weighted by Gasteiger charge is -2.32. The maximum Gasteiger partial charge on any atom is 0.498 e. The molecule has 0 unspecified atom stereocenters. The van der Waals surface area contributed by atoms with Crippen molar-refractivity contribution in [2.24, 2.45) is 5.73 Å². The Morgan fingerprint density at radius 1 is 1.24 bits per heavy atom. The number of likely N-dealkylation sites (tertiary alicyclic amines) is 1. The lowest BCUT2D eigenvalue weighted by molar-refractivity contribution is 0.00578. The standard InChI is InChI=1S/C17H30BN5O2/c1-16(2)17(3,4)25-18(24-16)13-10-20-15(21-11-13)22-14-6-5-8-23(12-14)9-7-19/h10-11,14H,5-9,12,19H2,1-4H3,(H,20,21,22)/t14-/m0/s1. The largest absolute Gasteiger partial charge is 0.498 e. The molecule has 2 aliphatic heterocycles. The molecule has 2 fully saturated rings. The fraction of sp³-hybridized carbons (Fsp3) is 0.765. The van der Waals surface area contributed by atoms with Crippen molar-refractivity contribution in [2.45, 2.75) is 57.8 Å². The van der Waals surface area contributed by atoms with Crippen molar-refractivity contribution >= 4 is 18.5 Å². The summed E-state index contributed by atoms with van der Waals surface area (Å²) in [4.78, 5) is 11.3. The molecule has 3 rings (SSSR count). The highest BCUT2D eigenvalue weighted by Gasteiger charge is 2.51. The van der Waals surface area contributed by atoms with E-state index in [9.17, 15) is 0 Å². The van der Waals surface area contributed by atoms with Crippen molar-refractivity contribution in [3.05, 3.63) is 12.4 Å². The molecule has 7 nitrogen and oxygen atoms in total. The van der Waals surface area contributed by atoms with Crippen LogP contribution in [0.1, 0.15) is 40.5 Å². The molecule has 1 atom stereocenters. The van der Waals surface area contributed by atoms with Gasteiger partial charge in [0.15, 0.2) is 0 Å². The predicted molar refractivity (Wildman–Crippen MR) is 99.9 cm³/mol. The summed E-state index contributed by atoms with van der Waals surface area (Å²) in [5, 5.41) is 3.43. The summed E-state index contributed by atoms with van der Waals surface area (Å²) in [6.45, 7) is 11.9. The summed E-state index contributed by atoms with van der Waals surface area (Å²) >= 11 is 0. The molecule has 0 aliphatic carbocycles. The van der Waals surface area contributed by atoms with Crippen LogP contribution in [0.4, 0.5) is 5.95 Å². The quantitative estimate of drug-likeness (QED) is 0.755. The zero-order chi connectivity index (χ0) is 18.1. The SMILES string of the molecule is CC1(C)OB(c2cnc(N[C@H]3CCCN(CCN)C3)nc2)OC1(C)C. The minimum atomic E-state index is -0.422. The van der Waals surface area contributed by atoms with Crippen LogP contribution in [0.3, 0.4) is 0 Å². The highest BCUT2D eigenvalue weighted by Crippen LogP contribution is 2.36. The number of nitrogens with one attached hydrogen (secondary N) is 1. The van der Waals surface area contributed by atoms with Crippen LogP contribution < -0.4 is 16.5 Å². The van der Waals surface area contributed by atoms with E-state index in [-0.39, 0.29) is 11.2 Å². The van der Waals surface area contributed by atoms with E-state index in [0.29, 0.717) is 18.5 Å². The highest BCUT2D eigenvalue weighted by atomic mass is 16.7. The summed E-state index contributed by atoms with van der Waals surface area (Å²) in [6.07, 6.45) is 5.88. The van der Waals surface area contributed by atoms with Crippen molar-refractivity contribution in [1.29, 1.82) is 0 Å². The minimum absolute atomic E-state index is 0.358. The van der Waals surface area contributed by atoms with E-state index >= 15 is 0 Å². The number of nitrogens with zero attached hydrogens (tertiary/aromatic N) is 3. The maximum absolute atomic E-state index is 6.04. The van der Waals surface area contributed by atoms with Gasteiger partial charge in [-0.2, -0.15) is 0 Å². The van der Waals surface area contributed by atoms with E-state index in [2.05, 4.69) is 20.2 Å². The van der Waals surface area contributed by atoms with Gasteiger partial charge in [0.05, 0.1) is 11.2 Å². The van der Waals surface area contributed by atoms with E-state index in [1.807, 2.05) is 27.7 Å². The van der Waals surface area contributed by atoms with Crippen LogP contribution in [0.25, 0.3) is 0 Å². The van der Waals surface area contributed by atoms with Crippen LogP contribution in [0, 0.1) is 0 Å². The topological polar surface area (TPSA) is 85.5 Å². The molecule has 3 N–H and O–H groups in total. The summed E-state index contributed by atoms with van der Waals surface area (Å²) in [6, 6.07) is 0.364. The van der Waals surface area contributed by atoms with Crippen molar-refractivity contribution < 1.29 is 9.31 Å². The van der Waals surface area contributed by atoms with Gasteiger partial charge in [-0.1, -0.05) is 0 Å². The first-order valence-corrected chi connectivity index (χ1v) is 9.17. The van der Waals surface area contributed by atoms with Gasteiger partial charge < -0.3 is 25.3 Å². The van der Waals surface area contributed by atoms with Crippen LogP contribution in [-0.4, -0.2) is 65.4 Å². The molecule has 0 radical (unpaired) electrons. The monoisotopic (exact) mass is 347 g/mol. The van der Waals surface area contributed by atoms with Crippen LogP contribution >= 0.6 is 0 Å². The van der Waals surface area contributed by atoms with Crippen LogP contribution in [0.15, 0.2) is 12.4 Å². The number of aromatic nitrogens is 2. The number of hydrogen-bond acceptors (Lipinski definition) is 7. The Kier molecular flexibility index (Phi) is 5.34. The third kappa shape index (κ3) is 4.14. The second-order valence-corrected chi connectivity index (χ2v) is 8.00. The zero-order valence-corrected chi connectivity index (χ0v) is 15.8. The Morgan fingerprint density at radius 3 is 2.48 bits per heavy atom. The van der Waals surface area contributed by atoms with Crippen LogP contribution in [0.2, 0.25) is 0 Å². The zero-order valence-electron chi connectivity index (χ0n) is 15.8. The van der Waals surface area contributed by atoms with Crippen molar-refractivity contribution in [3.8, 4) is 0 Å². The van der Waals surface area contributed by atoms with Crippen molar-refractivity contribution in [3.63, 3.8) is 0 Å². The van der Waals surface area contributed by atoms with Crippen molar-refractivity contribution in [1.82, 2.24) is 14.9 Å². The molecule has 8 heteroatoms. The maximum atomic E-state index is 6.04.